The van der Waals surface area contributed by atoms with Crippen LogP contribution in [0.4, 0.5) is 15.3 Å². The number of piperazine rings is 1. The number of nitrogens with one attached hydrogen (secondary N) is 2. The number of benzene rings is 4. The number of aliphatic hydroxyl groups is 2. The van der Waals surface area contributed by atoms with Crippen LogP contribution < -0.4 is 27.0 Å². The summed E-state index contributed by atoms with van der Waals surface area (Å²) in [6.07, 6.45) is 1.74. The zero-order valence-electron chi connectivity index (χ0n) is 34.4. The van der Waals surface area contributed by atoms with Crippen LogP contribution in [0.1, 0.15) is 49.3 Å². The number of piperidine rings is 1. The lowest BCUT2D eigenvalue weighted by atomic mass is 9.88. The molecule has 0 spiro atoms. The lowest BCUT2D eigenvalue weighted by Crippen LogP contribution is -2.58. The number of ketones is 2. The van der Waals surface area contributed by atoms with Crippen LogP contribution in [0.25, 0.3) is 11.1 Å². The first-order chi connectivity index (χ1) is 29.0. The number of hydrogen-bond donors (Lipinski definition) is 6. The van der Waals surface area contributed by atoms with E-state index in [0.717, 1.165) is 29.7 Å². The van der Waals surface area contributed by atoms with Gasteiger partial charge >= 0.3 is 12.1 Å². The number of rotatable bonds is 11. The molecule has 4 amide bonds. The summed E-state index contributed by atoms with van der Waals surface area (Å²) in [4.78, 5) is 54.2. The van der Waals surface area contributed by atoms with Gasteiger partial charge in [0.05, 0.1) is 0 Å². The molecule has 0 aromatic heterocycles. The van der Waals surface area contributed by atoms with Gasteiger partial charge in [0.25, 0.3) is 0 Å². The quantitative estimate of drug-likeness (QED) is 0.123. The molecule has 8 N–H and O–H groups in total. The van der Waals surface area contributed by atoms with Crippen LogP contribution in [0.5, 0.6) is 0 Å². The standard InChI is InChI=1S/C24H28N4O3.C23H29N3O3/c1-18(25)23(22(30)17-29)26-24(31)28-15-13-27(14-16-28)21-11-9-20(10-12-21)8-7-19-5-3-2-4-6-19;1-16(24)22(21(28)15-27)25-23(29)26-13-11-20(12-14-26)19-9-7-18(8-10-19)17-5-3-2-4-6-17/h2-6,9-12,18,23,29H,13-17,25H2,1H3,(H,26,31);2-10,16,20,22,27H,11-15,24H2,1H3,(H,25,29)/t18-,23+;16-,22+/m11/s1. The minimum atomic E-state index is -0.889. The van der Waals surface area contributed by atoms with Crippen LogP contribution in [0.15, 0.2) is 109 Å². The Morgan fingerprint density at radius 3 is 1.50 bits per heavy atom. The molecule has 13 heteroatoms. The second kappa shape index (κ2) is 22.4. The van der Waals surface area contributed by atoms with Crippen molar-refractivity contribution in [2.45, 2.75) is 56.8 Å². The highest BCUT2D eigenvalue weighted by atomic mass is 16.3. The van der Waals surface area contributed by atoms with Crippen molar-refractivity contribution in [2.75, 3.05) is 57.4 Å². The largest absolute Gasteiger partial charge is 0.388 e. The van der Waals surface area contributed by atoms with Crippen LogP contribution in [-0.2, 0) is 9.59 Å². The van der Waals surface area contributed by atoms with Gasteiger partial charge in [0.2, 0.25) is 0 Å². The molecule has 316 valence electrons. The van der Waals surface area contributed by atoms with E-state index >= 15 is 0 Å². The van der Waals surface area contributed by atoms with Gasteiger partial charge in [0.1, 0.15) is 25.3 Å². The van der Waals surface area contributed by atoms with Crippen LogP contribution in [0, 0.1) is 11.8 Å². The molecule has 4 atom stereocenters. The molecule has 2 aliphatic rings. The van der Waals surface area contributed by atoms with E-state index in [2.05, 4.69) is 63.8 Å². The number of aliphatic hydroxyl groups excluding tert-OH is 2. The molecule has 2 fully saturated rings. The molecular weight excluding hydrogens is 759 g/mol. The summed E-state index contributed by atoms with van der Waals surface area (Å²) in [6.45, 7) is 5.65. The van der Waals surface area contributed by atoms with Crippen molar-refractivity contribution in [3.8, 4) is 23.0 Å². The summed E-state index contributed by atoms with van der Waals surface area (Å²) in [7, 11) is 0. The second-order valence-electron chi connectivity index (χ2n) is 15.2. The van der Waals surface area contributed by atoms with Crippen molar-refractivity contribution in [3.63, 3.8) is 0 Å². The fraction of sp³-hybridized carbons (Fsp3) is 0.362. The average molecular weight is 816 g/mol. The van der Waals surface area contributed by atoms with Crippen molar-refractivity contribution in [3.05, 3.63) is 126 Å². The predicted octanol–water partition coefficient (Wildman–Crippen LogP) is 3.72. The van der Waals surface area contributed by atoms with E-state index in [9.17, 15) is 19.2 Å². The molecule has 0 unspecified atom stereocenters. The van der Waals surface area contributed by atoms with Gasteiger partial charge in [-0.15, -0.1) is 0 Å². The summed E-state index contributed by atoms with van der Waals surface area (Å²) in [6, 6.07) is 33.3. The number of urea groups is 2. The van der Waals surface area contributed by atoms with Crippen molar-refractivity contribution >= 4 is 29.3 Å². The molecule has 0 bridgehead atoms. The van der Waals surface area contributed by atoms with E-state index in [1.165, 1.54) is 16.7 Å². The van der Waals surface area contributed by atoms with E-state index in [1.807, 2.05) is 72.8 Å². The second-order valence-corrected chi connectivity index (χ2v) is 15.2. The summed E-state index contributed by atoms with van der Waals surface area (Å²) >= 11 is 0. The average Bonchev–Trinajstić information content (AvgIpc) is 3.29. The zero-order valence-corrected chi connectivity index (χ0v) is 34.4. The Hall–Kier alpha value is -6.04. The summed E-state index contributed by atoms with van der Waals surface area (Å²) in [5.41, 5.74) is 18.2. The number of amides is 4. The molecular formula is C47H57N7O6. The number of Topliss-reactive ketones (excluding diaryl/α,β-unsaturated/α-hetero) is 2. The van der Waals surface area contributed by atoms with Gasteiger partial charge in [0.15, 0.2) is 11.6 Å². The third-order valence-corrected chi connectivity index (χ3v) is 10.8. The maximum atomic E-state index is 12.5. The predicted molar refractivity (Wildman–Crippen MR) is 234 cm³/mol. The number of nitrogens with two attached hydrogens (primary N) is 2. The zero-order chi connectivity index (χ0) is 43.0. The number of carbonyl (C=O) groups excluding carboxylic acids is 4. The summed E-state index contributed by atoms with van der Waals surface area (Å²) in [5, 5.41) is 23.4. The SMILES string of the molecule is C[C@@H](N)[C@H](NC(=O)N1CCC(c2ccc(-c3ccccc3)cc2)CC1)C(=O)CO.C[C@@H](N)[C@H](NC(=O)N1CCN(c2ccc(C#Cc3ccccc3)cc2)CC1)C(=O)CO. The highest BCUT2D eigenvalue weighted by Gasteiger charge is 2.30. The molecule has 13 nitrogen and oxygen atoms in total. The monoisotopic (exact) mass is 815 g/mol. The van der Waals surface area contributed by atoms with Crippen molar-refractivity contribution < 1.29 is 29.4 Å². The van der Waals surface area contributed by atoms with Gasteiger partial charge in [-0.1, -0.05) is 84.6 Å². The Bertz CT molecular complexity index is 2050. The Morgan fingerprint density at radius 2 is 1.03 bits per heavy atom. The summed E-state index contributed by atoms with van der Waals surface area (Å²) < 4.78 is 0. The minimum absolute atomic E-state index is 0.299. The Morgan fingerprint density at radius 1 is 0.600 bits per heavy atom. The van der Waals surface area contributed by atoms with E-state index in [4.69, 9.17) is 21.7 Å². The van der Waals surface area contributed by atoms with Crippen molar-refractivity contribution in [1.82, 2.24) is 20.4 Å². The molecule has 4 aromatic carbocycles. The Kier molecular flexibility index (Phi) is 16.8. The fourth-order valence-electron chi connectivity index (χ4n) is 7.24. The third-order valence-electron chi connectivity index (χ3n) is 10.8. The molecule has 0 aliphatic carbocycles. The molecule has 4 aromatic rings. The lowest BCUT2D eigenvalue weighted by molar-refractivity contribution is -0.124. The highest BCUT2D eigenvalue weighted by molar-refractivity contribution is 5.90. The maximum absolute atomic E-state index is 12.5. The van der Waals surface area contributed by atoms with E-state index in [1.54, 1.807) is 23.6 Å². The van der Waals surface area contributed by atoms with Crippen molar-refractivity contribution in [2.24, 2.45) is 11.5 Å². The van der Waals surface area contributed by atoms with E-state index < -0.39 is 48.9 Å². The Balaban J connectivity index is 0.000000228. The molecule has 2 heterocycles. The molecule has 2 saturated heterocycles. The molecule has 0 saturated carbocycles. The molecule has 60 heavy (non-hydrogen) atoms. The topological polar surface area (TPSA) is 195 Å². The smallest absolute Gasteiger partial charge is 0.318 e. The molecule has 2 aliphatic heterocycles. The maximum Gasteiger partial charge on any atom is 0.318 e. The van der Waals surface area contributed by atoms with Crippen molar-refractivity contribution in [1.29, 1.82) is 0 Å². The first kappa shape index (κ1) is 45.1. The van der Waals surface area contributed by atoms with Crippen LogP contribution in [0.3, 0.4) is 0 Å². The number of nitrogens with zero attached hydrogens (tertiary/aromatic N) is 3. The number of hydrogen-bond acceptors (Lipinski definition) is 9. The van der Waals surface area contributed by atoms with Gasteiger partial charge < -0.3 is 47.0 Å². The number of anilines is 1. The van der Waals surface area contributed by atoms with Crippen LogP contribution in [-0.4, -0.2) is 120 Å². The van der Waals surface area contributed by atoms with Crippen LogP contribution >= 0.6 is 0 Å². The minimum Gasteiger partial charge on any atom is -0.388 e. The van der Waals surface area contributed by atoms with Crippen LogP contribution in [0.2, 0.25) is 0 Å². The molecule has 0 radical (unpaired) electrons. The highest BCUT2D eigenvalue weighted by Crippen LogP contribution is 2.30. The molecule has 6 rings (SSSR count). The summed E-state index contributed by atoms with van der Waals surface area (Å²) in [5.74, 6) is 5.77. The Labute approximate surface area is 352 Å². The third kappa shape index (κ3) is 12.7. The fourth-order valence-corrected chi connectivity index (χ4v) is 7.24. The van der Waals surface area contributed by atoms with Gasteiger partial charge in [-0.2, -0.15) is 0 Å². The van der Waals surface area contributed by atoms with Gasteiger partial charge in [0, 0.05) is 68.2 Å². The normalized spacial score (nSPS) is 16.1. The lowest BCUT2D eigenvalue weighted by Gasteiger charge is -2.37. The van der Waals surface area contributed by atoms with Gasteiger partial charge in [-0.25, -0.2) is 9.59 Å². The van der Waals surface area contributed by atoms with Gasteiger partial charge in [-0.3, -0.25) is 9.59 Å². The van der Waals surface area contributed by atoms with E-state index in [-0.39, 0.29) is 12.1 Å². The number of likely N-dealkylation sites (tertiary alicyclic amines) is 1. The first-order valence-corrected chi connectivity index (χ1v) is 20.4. The number of carbonyl (C=O) groups is 4. The van der Waals surface area contributed by atoms with Gasteiger partial charge in [-0.05, 0) is 85.7 Å². The van der Waals surface area contributed by atoms with E-state index in [0.29, 0.717) is 45.2 Å². The first-order valence-electron chi connectivity index (χ1n) is 20.4.